The molecule has 4 atom stereocenters. The maximum absolute atomic E-state index is 12.7. The van der Waals surface area contributed by atoms with E-state index in [1.54, 1.807) is 7.05 Å². The van der Waals surface area contributed by atoms with Gasteiger partial charge in [0.2, 0.25) is 5.91 Å². The number of fused-ring (bicyclic) bond motifs is 2. The molecule has 2 fully saturated rings. The molecule has 3 rings (SSSR count). The largest absolute Gasteiger partial charge is 0.481 e. The summed E-state index contributed by atoms with van der Waals surface area (Å²) < 4.78 is 6.99. The molecular weight excluding hydrogens is 328 g/mol. The average Bonchev–Trinajstić information content (AvgIpc) is 3.26. The molecule has 136 valence electrons. The van der Waals surface area contributed by atoms with Gasteiger partial charge in [-0.25, -0.2) is 0 Å². The first-order valence-electron chi connectivity index (χ1n) is 8.43. The van der Waals surface area contributed by atoms with E-state index >= 15 is 0 Å². The van der Waals surface area contributed by atoms with E-state index in [9.17, 15) is 19.5 Å². The van der Waals surface area contributed by atoms with E-state index < -0.39 is 29.8 Å². The van der Waals surface area contributed by atoms with Gasteiger partial charge in [0.1, 0.15) is 5.69 Å². The summed E-state index contributed by atoms with van der Waals surface area (Å²) in [5.74, 6) is -3.43. The quantitative estimate of drug-likeness (QED) is 0.681. The van der Waals surface area contributed by atoms with Gasteiger partial charge < -0.3 is 20.5 Å². The Hall–Kier alpha value is -2.42. The van der Waals surface area contributed by atoms with Crippen molar-refractivity contribution in [3.8, 4) is 0 Å². The van der Waals surface area contributed by atoms with E-state index in [1.165, 1.54) is 10.9 Å². The van der Waals surface area contributed by atoms with Crippen molar-refractivity contribution in [3.63, 3.8) is 0 Å². The molecule has 0 aromatic carbocycles. The molecule has 0 spiro atoms. The molecule has 1 aromatic heterocycles. The Labute approximate surface area is 144 Å². The standard InChI is InChI=1S/C16H22N4O5/c1-3-6-17-15(22)13-8(7-18-20(13)2)19-14(21)11-9-4-5-10(25-9)12(11)16(23)24/h7,9-12H,3-6H2,1-2H3,(H,17,22)(H,19,21)(H,23,24)/t9-,10-,11+,12+/m1/s1. The van der Waals surface area contributed by atoms with Gasteiger partial charge in [-0.05, 0) is 19.3 Å². The molecule has 2 aliphatic heterocycles. The predicted octanol–water partition coefficient (Wildman–Crippen LogP) is 0.377. The number of hydrogen-bond acceptors (Lipinski definition) is 5. The molecule has 25 heavy (non-hydrogen) atoms. The van der Waals surface area contributed by atoms with Crippen LogP contribution in [0.15, 0.2) is 6.20 Å². The average molecular weight is 350 g/mol. The highest BCUT2D eigenvalue weighted by Gasteiger charge is 2.55. The number of aliphatic carboxylic acids is 1. The molecule has 0 radical (unpaired) electrons. The molecule has 0 saturated carbocycles. The highest BCUT2D eigenvalue weighted by Crippen LogP contribution is 2.44. The number of carboxylic acids is 1. The first-order valence-corrected chi connectivity index (χ1v) is 8.43. The Bertz CT molecular complexity index is 701. The first-order chi connectivity index (χ1) is 11.9. The van der Waals surface area contributed by atoms with E-state index in [2.05, 4.69) is 15.7 Å². The van der Waals surface area contributed by atoms with Crippen molar-refractivity contribution in [1.29, 1.82) is 0 Å². The highest BCUT2D eigenvalue weighted by atomic mass is 16.5. The van der Waals surface area contributed by atoms with Crippen molar-refractivity contribution in [3.05, 3.63) is 11.9 Å². The van der Waals surface area contributed by atoms with E-state index in [0.29, 0.717) is 19.4 Å². The Balaban J connectivity index is 1.77. The van der Waals surface area contributed by atoms with Crippen molar-refractivity contribution < 1.29 is 24.2 Å². The van der Waals surface area contributed by atoms with Gasteiger partial charge in [-0.3, -0.25) is 19.1 Å². The van der Waals surface area contributed by atoms with Crippen LogP contribution >= 0.6 is 0 Å². The summed E-state index contributed by atoms with van der Waals surface area (Å²) in [6.07, 6.45) is 2.70. The third kappa shape index (κ3) is 3.11. The van der Waals surface area contributed by atoms with Gasteiger partial charge in [0.15, 0.2) is 0 Å². The zero-order valence-electron chi connectivity index (χ0n) is 14.2. The van der Waals surface area contributed by atoms with Gasteiger partial charge in [-0.15, -0.1) is 0 Å². The lowest BCUT2D eigenvalue weighted by molar-refractivity contribution is -0.147. The summed E-state index contributed by atoms with van der Waals surface area (Å²) in [7, 11) is 1.61. The van der Waals surface area contributed by atoms with E-state index in [-0.39, 0.29) is 23.4 Å². The third-order valence-electron chi connectivity index (χ3n) is 4.81. The number of aryl methyl sites for hydroxylation is 1. The summed E-state index contributed by atoms with van der Waals surface area (Å²) in [5, 5.41) is 18.9. The highest BCUT2D eigenvalue weighted by molar-refractivity contribution is 6.03. The number of aromatic nitrogens is 2. The normalized spacial score (nSPS) is 27.3. The van der Waals surface area contributed by atoms with Crippen molar-refractivity contribution in [1.82, 2.24) is 15.1 Å². The number of carbonyl (C=O) groups excluding carboxylic acids is 2. The maximum atomic E-state index is 12.7. The van der Waals surface area contributed by atoms with Crippen LogP contribution < -0.4 is 10.6 Å². The molecule has 0 unspecified atom stereocenters. The molecule has 9 heteroatoms. The fourth-order valence-electron chi connectivity index (χ4n) is 3.66. The second-order valence-corrected chi connectivity index (χ2v) is 6.46. The summed E-state index contributed by atoms with van der Waals surface area (Å²) in [4.78, 5) is 36.5. The van der Waals surface area contributed by atoms with Gasteiger partial charge in [0.05, 0.1) is 35.9 Å². The Morgan fingerprint density at radius 2 is 2.00 bits per heavy atom. The minimum atomic E-state index is -1.03. The molecular formula is C16H22N4O5. The minimum absolute atomic E-state index is 0.234. The molecule has 0 aliphatic carbocycles. The van der Waals surface area contributed by atoms with Crippen LogP contribution in [0, 0.1) is 11.8 Å². The van der Waals surface area contributed by atoms with Crippen LogP contribution in [0.25, 0.3) is 0 Å². The Kier molecular flexibility index (Phi) is 4.76. The fraction of sp³-hybridized carbons (Fsp3) is 0.625. The van der Waals surface area contributed by atoms with Crippen molar-refractivity contribution >= 4 is 23.5 Å². The van der Waals surface area contributed by atoms with Crippen LogP contribution in [-0.4, -0.2) is 51.4 Å². The van der Waals surface area contributed by atoms with Gasteiger partial charge in [-0.2, -0.15) is 5.10 Å². The fourth-order valence-corrected chi connectivity index (χ4v) is 3.66. The number of hydrogen-bond donors (Lipinski definition) is 3. The summed E-state index contributed by atoms with van der Waals surface area (Å²) >= 11 is 0. The van der Waals surface area contributed by atoms with Crippen LogP contribution in [0.5, 0.6) is 0 Å². The summed E-state index contributed by atoms with van der Waals surface area (Å²) in [6, 6.07) is 0. The van der Waals surface area contributed by atoms with E-state index in [0.717, 1.165) is 6.42 Å². The number of amides is 2. The Morgan fingerprint density at radius 3 is 2.64 bits per heavy atom. The molecule has 2 amide bonds. The number of carboxylic acid groups (broad SMARTS) is 1. The van der Waals surface area contributed by atoms with Crippen LogP contribution in [-0.2, 0) is 21.4 Å². The molecule has 2 aliphatic rings. The monoisotopic (exact) mass is 350 g/mol. The van der Waals surface area contributed by atoms with Gasteiger partial charge >= 0.3 is 5.97 Å². The number of rotatable bonds is 6. The Morgan fingerprint density at radius 1 is 1.32 bits per heavy atom. The maximum Gasteiger partial charge on any atom is 0.310 e. The molecule has 2 saturated heterocycles. The zero-order valence-corrected chi connectivity index (χ0v) is 14.2. The number of nitrogens with one attached hydrogen (secondary N) is 2. The van der Waals surface area contributed by atoms with Gasteiger partial charge in [-0.1, -0.05) is 6.92 Å². The second kappa shape index (κ2) is 6.83. The number of anilines is 1. The lowest BCUT2D eigenvalue weighted by atomic mass is 9.78. The SMILES string of the molecule is CCCNC(=O)c1c(NC(=O)[C@@H]2[C@@H](C(=O)O)[C@H]3CC[C@H]2O3)cnn1C. The van der Waals surface area contributed by atoms with Crippen LogP contribution in [0.2, 0.25) is 0 Å². The van der Waals surface area contributed by atoms with E-state index in [4.69, 9.17) is 4.74 Å². The second-order valence-electron chi connectivity index (χ2n) is 6.46. The van der Waals surface area contributed by atoms with Crippen molar-refractivity contribution in [2.24, 2.45) is 18.9 Å². The molecule has 3 N–H and O–H groups in total. The van der Waals surface area contributed by atoms with Crippen LogP contribution in [0.4, 0.5) is 5.69 Å². The number of nitrogens with zero attached hydrogens (tertiary/aromatic N) is 2. The van der Waals surface area contributed by atoms with Crippen LogP contribution in [0.1, 0.15) is 36.7 Å². The van der Waals surface area contributed by atoms with Gasteiger partial charge in [0.25, 0.3) is 5.91 Å². The lowest BCUT2D eigenvalue weighted by Gasteiger charge is -2.23. The predicted molar refractivity (Wildman–Crippen MR) is 87.0 cm³/mol. The van der Waals surface area contributed by atoms with Crippen molar-refractivity contribution in [2.75, 3.05) is 11.9 Å². The van der Waals surface area contributed by atoms with Gasteiger partial charge in [0, 0.05) is 13.6 Å². The minimum Gasteiger partial charge on any atom is -0.481 e. The molecule has 2 bridgehead atoms. The topological polar surface area (TPSA) is 123 Å². The van der Waals surface area contributed by atoms with Crippen molar-refractivity contribution in [2.45, 2.75) is 38.4 Å². The first kappa shape index (κ1) is 17.4. The molecule has 9 nitrogen and oxygen atoms in total. The zero-order chi connectivity index (χ0) is 18.1. The number of carbonyl (C=O) groups is 3. The molecule has 3 heterocycles. The third-order valence-corrected chi connectivity index (χ3v) is 4.81. The summed E-state index contributed by atoms with van der Waals surface area (Å²) in [6.45, 7) is 2.45. The molecule has 1 aromatic rings. The van der Waals surface area contributed by atoms with Crippen LogP contribution in [0.3, 0.4) is 0 Å². The summed E-state index contributed by atoms with van der Waals surface area (Å²) in [5.41, 5.74) is 0.505. The lowest BCUT2D eigenvalue weighted by Crippen LogP contribution is -2.41. The smallest absolute Gasteiger partial charge is 0.310 e. The number of ether oxygens (including phenoxy) is 1. The van der Waals surface area contributed by atoms with E-state index in [1.807, 2.05) is 6.92 Å².